The summed E-state index contributed by atoms with van der Waals surface area (Å²) in [6.45, 7) is 6.15. The third kappa shape index (κ3) is 7.81. The van der Waals surface area contributed by atoms with Crippen molar-refractivity contribution in [3.8, 4) is 0 Å². The van der Waals surface area contributed by atoms with E-state index in [1.807, 2.05) is 18.2 Å². The Labute approximate surface area is 135 Å². The Balaban J connectivity index is 0.00000400. The van der Waals surface area contributed by atoms with E-state index in [-0.39, 0.29) is 23.4 Å². The van der Waals surface area contributed by atoms with Crippen molar-refractivity contribution >= 4 is 22.2 Å². The maximum Gasteiger partial charge on any atom is 0.153 e. The molecule has 122 valence electrons. The molecule has 2 N–H and O–H groups in total. The maximum absolute atomic E-state index is 11.9. The third-order valence-electron chi connectivity index (χ3n) is 3.42. The van der Waals surface area contributed by atoms with E-state index in [0.29, 0.717) is 13.1 Å². The van der Waals surface area contributed by atoms with Gasteiger partial charge in [-0.25, -0.2) is 8.42 Å². The van der Waals surface area contributed by atoms with E-state index in [0.717, 1.165) is 19.5 Å². The van der Waals surface area contributed by atoms with Gasteiger partial charge in [0.15, 0.2) is 9.84 Å². The Morgan fingerprint density at radius 1 is 1.10 bits per heavy atom. The van der Waals surface area contributed by atoms with Crippen LogP contribution in [-0.2, 0) is 16.3 Å². The first kappa shape index (κ1) is 20.4. The number of sulfone groups is 1. The van der Waals surface area contributed by atoms with Crippen LogP contribution in [0.4, 0.5) is 0 Å². The molecule has 1 rings (SSSR count). The number of hydrogen-bond acceptors (Lipinski definition) is 4. The first-order valence-electron chi connectivity index (χ1n) is 7.13. The number of hydrogen-bond donors (Lipinski definition) is 1. The third-order valence-corrected chi connectivity index (χ3v) is 5.60. The van der Waals surface area contributed by atoms with Crippen molar-refractivity contribution in [1.82, 2.24) is 4.90 Å². The molecule has 0 atom stereocenters. The summed E-state index contributed by atoms with van der Waals surface area (Å²) in [7, 11) is -2.98. The zero-order chi connectivity index (χ0) is 15.0. The lowest BCUT2D eigenvalue weighted by atomic mass is 10.1. The molecule has 0 radical (unpaired) electrons. The molecule has 0 heterocycles. The van der Waals surface area contributed by atoms with Crippen molar-refractivity contribution in [3.05, 3.63) is 35.9 Å². The van der Waals surface area contributed by atoms with Crippen LogP contribution >= 0.6 is 12.4 Å². The van der Waals surface area contributed by atoms with Crippen LogP contribution in [0.5, 0.6) is 0 Å². The van der Waals surface area contributed by atoms with Crippen molar-refractivity contribution in [2.24, 2.45) is 5.73 Å². The smallest absolute Gasteiger partial charge is 0.153 e. The second kappa shape index (κ2) is 10.2. The molecule has 4 nitrogen and oxygen atoms in total. The van der Waals surface area contributed by atoms with Crippen LogP contribution in [0.15, 0.2) is 30.3 Å². The van der Waals surface area contributed by atoms with Gasteiger partial charge in [-0.05, 0) is 25.8 Å². The van der Waals surface area contributed by atoms with Gasteiger partial charge in [-0.3, -0.25) is 0 Å². The van der Waals surface area contributed by atoms with E-state index in [1.54, 1.807) is 13.8 Å². The fourth-order valence-electron chi connectivity index (χ4n) is 1.94. The lowest BCUT2D eigenvalue weighted by molar-refractivity contribution is 0.300. The van der Waals surface area contributed by atoms with Crippen LogP contribution in [0.1, 0.15) is 19.4 Å². The highest BCUT2D eigenvalue weighted by molar-refractivity contribution is 7.92. The van der Waals surface area contributed by atoms with Gasteiger partial charge < -0.3 is 10.6 Å². The average molecular weight is 335 g/mol. The molecule has 0 aliphatic carbocycles. The maximum atomic E-state index is 11.9. The summed E-state index contributed by atoms with van der Waals surface area (Å²) in [5.74, 6) is 0.208. The van der Waals surface area contributed by atoms with E-state index >= 15 is 0 Å². The summed E-state index contributed by atoms with van der Waals surface area (Å²) in [5.41, 5.74) is 6.87. The molecular formula is C15H27ClN2O2S. The minimum absolute atomic E-state index is 0. The van der Waals surface area contributed by atoms with Crippen LogP contribution in [0.25, 0.3) is 0 Å². The SMILES string of the molecule is CC(C)S(=O)(=O)CCN(CCN)CCc1ccccc1.Cl. The Bertz CT molecular complexity index is 478. The van der Waals surface area contributed by atoms with Gasteiger partial charge in [-0.15, -0.1) is 12.4 Å². The second-order valence-electron chi connectivity index (χ2n) is 5.28. The van der Waals surface area contributed by atoms with Crippen LogP contribution in [0.3, 0.4) is 0 Å². The summed E-state index contributed by atoms with van der Waals surface area (Å²) in [6.07, 6.45) is 0.919. The van der Waals surface area contributed by atoms with Gasteiger partial charge in [0.1, 0.15) is 0 Å². The van der Waals surface area contributed by atoms with Gasteiger partial charge in [0.2, 0.25) is 0 Å². The molecule has 21 heavy (non-hydrogen) atoms. The van der Waals surface area contributed by atoms with Gasteiger partial charge in [0.05, 0.1) is 11.0 Å². The molecule has 0 aliphatic heterocycles. The van der Waals surface area contributed by atoms with Crippen LogP contribution in [0.2, 0.25) is 0 Å². The number of nitrogens with zero attached hydrogens (tertiary/aromatic N) is 1. The van der Waals surface area contributed by atoms with Gasteiger partial charge in [0, 0.05) is 26.2 Å². The van der Waals surface area contributed by atoms with Crippen molar-refractivity contribution in [3.63, 3.8) is 0 Å². The first-order chi connectivity index (χ1) is 9.45. The fraction of sp³-hybridized carbons (Fsp3) is 0.600. The monoisotopic (exact) mass is 334 g/mol. The minimum Gasteiger partial charge on any atom is -0.329 e. The lowest BCUT2D eigenvalue weighted by Gasteiger charge is -2.22. The Morgan fingerprint density at radius 2 is 1.71 bits per heavy atom. The molecular weight excluding hydrogens is 308 g/mol. The van der Waals surface area contributed by atoms with Gasteiger partial charge in [-0.1, -0.05) is 30.3 Å². The molecule has 6 heteroatoms. The number of halogens is 1. The number of rotatable bonds is 9. The van der Waals surface area contributed by atoms with E-state index in [4.69, 9.17) is 5.73 Å². The standard InChI is InChI=1S/C15H26N2O2S.ClH/c1-14(2)20(18,19)13-12-17(11-9-16)10-8-15-6-4-3-5-7-15;/h3-7,14H,8-13,16H2,1-2H3;1H. The highest BCUT2D eigenvalue weighted by atomic mass is 35.5. The first-order valence-corrected chi connectivity index (χ1v) is 8.85. The molecule has 1 aromatic rings. The predicted molar refractivity (Wildman–Crippen MR) is 91.8 cm³/mol. The van der Waals surface area contributed by atoms with Crippen molar-refractivity contribution in [2.75, 3.05) is 31.9 Å². The molecule has 0 amide bonds. The molecule has 0 spiro atoms. The topological polar surface area (TPSA) is 63.4 Å². The van der Waals surface area contributed by atoms with E-state index < -0.39 is 9.84 Å². The van der Waals surface area contributed by atoms with Crippen LogP contribution in [0, 0.1) is 0 Å². The molecule has 0 saturated carbocycles. The Hall–Kier alpha value is -0.620. The summed E-state index contributed by atoms with van der Waals surface area (Å²) >= 11 is 0. The second-order valence-corrected chi connectivity index (χ2v) is 7.96. The molecule has 0 bridgehead atoms. The summed E-state index contributed by atoms with van der Waals surface area (Å²) in [4.78, 5) is 2.13. The van der Waals surface area contributed by atoms with Crippen molar-refractivity contribution in [1.29, 1.82) is 0 Å². The highest BCUT2D eigenvalue weighted by Crippen LogP contribution is 2.04. The number of nitrogens with two attached hydrogens (primary N) is 1. The van der Waals surface area contributed by atoms with Gasteiger partial charge in [0.25, 0.3) is 0 Å². The van der Waals surface area contributed by atoms with Crippen molar-refractivity contribution in [2.45, 2.75) is 25.5 Å². The Morgan fingerprint density at radius 3 is 2.24 bits per heavy atom. The summed E-state index contributed by atoms with van der Waals surface area (Å²) in [5, 5.41) is -0.309. The molecule has 0 aliphatic rings. The summed E-state index contributed by atoms with van der Waals surface area (Å²) < 4.78 is 23.7. The van der Waals surface area contributed by atoms with Crippen LogP contribution < -0.4 is 5.73 Å². The number of benzene rings is 1. The van der Waals surface area contributed by atoms with Crippen molar-refractivity contribution < 1.29 is 8.42 Å². The lowest BCUT2D eigenvalue weighted by Crippen LogP contribution is -2.36. The zero-order valence-electron chi connectivity index (χ0n) is 12.9. The molecule has 0 fully saturated rings. The molecule has 0 unspecified atom stereocenters. The Kier molecular flexibility index (Phi) is 9.86. The van der Waals surface area contributed by atoms with E-state index in [2.05, 4.69) is 17.0 Å². The molecule has 0 aromatic heterocycles. The quantitative estimate of drug-likeness (QED) is 0.747. The zero-order valence-corrected chi connectivity index (χ0v) is 14.5. The van der Waals surface area contributed by atoms with Crippen LogP contribution in [-0.4, -0.2) is 50.5 Å². The van der Waals surface area contributed by atoms with Gasteiger partial charge in [-0.2, -0.15) is 0 Å². The molecule has 1 aromatic carbocycles. The largest absolute Gasteiger partial charge is 0.329 e. The normalized spacial score (nSPS) is 11.7. The minimum atomic E-state index is -2.98. The predicted octanol–water partition coefficient (Wildman–Crippen LogP) is 1.73. The highest BCUT2D eigenvalue weighted by Gasteiger charge is 2.17. The van der Waals surface area contributed by atoms with Gasteiger partial charge >= 0.3 is 0 Å². The molecule has 0 saturated heterocycles. The fourth-order valence-corrected chi connectivity index (χ4v) is 2.93. The summed E-state index contributed by atoms with van der Waals surface area (Å²) in [6, 6.07) is 10.2. The van der Waals surface area contributed by atoms with E-state index in [9.17, 15) is 8.42 Å². The van der Waals surface area contributed by atoms with E-state index in [1.165, 1.54) is 5.56 Å². The average Bonchev–Trinajstić information content (AvgIpc) is 2.43.